The first-order valence-corrected chi connectivity index (χ1v) is 8.68. The maximum atomic E-state index is 12.8. The monoisotopic (exact) mass is 331 g/mol. The van der Waals surface area contributed by atoms with E-state index in [2.05, 4.69) is 12.1 Å². The zero-order valence-electron chi connectivity index (χ0n) is 14.4. The maximum Gasteiger partial charge on any atom is 0.253 e. The van der Waals surface area contributed by atoms with Crippen molar-refractivity contribution < 1.29 is 4.79 Å². The first kappa shape index (κ1) is 15.6. The Kier molecular flexibility index (Phi) is 4.10. The molecule has 4 heteroatoms. The summed E-state index contributed by atoms with van der Waals surface area (Å²) in [5.74, 6) is 0.114. The number of nitrogens with zero attached hydrogens (tertiary/aromatic N) is 3. The predicted molar refractivity (Wildman–Crippen MR) is 98.4 cm³/mol. The summed E-state index contributed by atoms with van der Waals surface area (Å²) in [7, 11) is 2.00. The van der Waals surface area contributed by atoms with E-state index in [1.165, 1.54) is 11.3 Å². The molecule has 0 aliphatic carbocycles. The third kappa shape index (κ3) is 2.95. The summed E-state index contributed by atoms with van der Waals surface area (Å²) in [6.07, 6.45) is 1.68. The van der Waals surface area contributed by atoms with Crippen molar-refractivity contribution >= 4 is 5.91 Å². The van der Waals surface area contributed by atoms with Crippen molar-refractivity contribution in [2.75, 3.05) is 13.1 Å². The smallest absolute Gasteiger partial charge is 0.253 e. The molecule has 4 rings (SSSR count). The van der Waals surface area contributed by atoms with Gasteiger partial charge in [0.05, 0.1) is 5.69 Å². The Bertz CT molecular complexity index is 884. The molecule has 0 N–H and O–H groups in total. The fourth-order valence-corrected chi connectivity index (χ4v) is 3.57. The van der Waals surface area contributed by atoms with Gasteiger partial charge in [-0.15, -0.1) is 0 Å². The lowest BCUT2D eigenvalue weighted by Crippen LogP contribution is -2.33. The van der Waals surface area contributed by atoms with E-state index in [0.717, 1.165) is 42.8 Å². The van der Waals surface area contributed by atoms with Gasteiger partial charge in [0.2, 0.25) is 0 Å². The SMILES string of the molecule is Cn1nc(-c2ccccc2)c2c1CCN(C(=O)c1ccccc1)CC2. The molecule has 0 saturated heterocycles. The van der Waals surface area contributed by atoms with Gasteiger partial charge < -0.3 is 4.90 Å². The van der Waals surface area contributed by atoms with Gasteiger partial charge in [-0.1, -0.05) is 48.5 Å². The number of aromatic nitrogens is 2. The fraction of sp³-hybridized carbons (Fsp3) is 0.238. The number of fused-ring (bicyclic) bond motifs is 1. The summed E-state index contributed by atoms with van der Waals surface area (Å²) in [5.41, 5.74) is 5.46. The molecule has 0 unspecified atom stereocenters. The van der Waals surface area contributed by atoms with Crippen molar-refractivity contribution in [1.82, 2.24) is 14.7 Å². The van der Waals surface area contributed by atoms with E-state index in [-0.39, 0.29) is 5.91 Å². The molecule has 1 amide bonds. The topological polar surface area (TPSA) is 38.1 Å². The molecule has 1 aliphatic heterocycles. The van der Waals surface area contributed by atoms with Crippen LogP contribution >= 0.6 is 0 Å². The zero-order chi connectivity index (χ0) is 17.2. The van der Waals surface area contributed by atoms with Crippen molar-refractivity contribution in [3.8, 4) is 11.3 Å². The molecule has 3 aromatic rings. The molecule has 2 heterocycles. The van der Waals surface area contributed by atoms with Gasteiger partial charge in [0.15, 0.2) is 0 Å². The molecule has 0 spiro atoms. The minimum Gasteiger partial charge on any atom is -0.338 e. The summed E-state index contributed by atoms with van der Waals surface area (Å²) in [6.45, 7) is 1.46. The number of hydrogen-bond donors (Lipinski definition) is 0. The average molecular weight is 331 g/mol. The van der Waals surface area contributed by atoms with Crippen LogP contribution in [0, 0.1) is 0 Å². The third-order valence-electron chi connectivity index (χ3n) is 4.88. The molecule has 1 aromatic heterocycles. The van der Waals surface area contributed by atoms with Crippen molar-refractivity contribution in [2.45, 2.75) is 12.8 Å². The van der Waals surface area contributed by atoms with E-state index in [1.54, 1.807) is 0 Å². The first-order valence-electron chi connectivity index (χ1n) is 8.68. The molecule has 0 saturated carbocycles. The van der Waals surface area contributed by atoms with E-state index < -0.39 is 0 Å². The van der Waals surface area contributed by atoms with E-state index >= 15 is 0 Å². The Hall–Kier alpha value is -2.88. The Balaban J connectivity index is 1.62. The number of carbonyl (C=O) groups excluding carboxylic acids is 1. The summed E-state index contributed by atoms with van der Waals surface area (Å²) in [6, 6.07) is 19.8. The Morgan fingerprint density at radius 1 is 0.920 bits per heavy atom. The quantitative estimate of drug-likeness (QED) is 0.722. The standard InChI is InChI=1S/C21H21N3O/c1-23-19-13-15-24(21(25)17-10-6-3-7-11-17)14-12-18(19)20(22-23)16-8-4-2-5-9-16/h2-11H,12-15H2,1H3. The van der Waals surface area contributed by atoms with Crippen LogP contribution in [0.4, 0.5) is 0 Å². The Labute approximate surface area is 147 Å². The zero-order valence-corrected chi connectivity index (χ0v) is 14.4. The highest BCUT2D eigenvalue weighted by molar-refractivity contribution is 5.94. The van der Waals surface area contributed by atoms with Crippen molar-refractivity contribution in [1.29, 1.82) is 0 Å². The molecule has 0 atom stereocenters. The average Bonchev–Trinajstić information content (AvgIpc) is 2.84. The van der Waals surface area contributed by atoms with Crippen LogP contribution in [0.25, 0.3) is 11.3 Å². The van der Waals surface area contributed by atoms with Crippen LogP contribution in [-0.2, 0) is 19.9 Å². The highest BCUT2D eigenvalue weighted by Crippen LogP contribution is 2.28. The number of aryl methyl sites for hydroxylation is 1. The Morgan fingerprint density at radius 3 is 2.28 bits per heavy atom. The van der Waals surface area contributed by atoms with Gasteiger partial charge in [0.1, 0.15) is 0 Å². The highest BCUT2D eigenvalue weighted by atomic mass is 16.2. The van der Waals surface area contributed by atoms with E-state index in [0.29, 0.717) is 0 Å². The van der Waals surface area contributed by atoms with Crippen LogP contribution in [0.2, 0.25) is 0 Å². The second kappa shape index (κ2) is 6.55. The molecule has 1 aliphatic rings. The van der Waals surface area contributed by atoms with Crippen LogP contribution in [0.15, 0.2) is 60.7 Å². The summed E-state index contributed by atoms with van der Waals surface area (Å²) in [5, 5.41) is 4.75. The van der Waals surface area contributed by atoms with Gasteiger partial charge in [-0.25, -0.2) is 0 Å². The minimum atomic E-state index is 0.114. The highest BCUT2D eigenvalue weighted by Gasteiger charge is 2.24. The molecule has 126 valence electrons. The lowest BCUT2D eigenvalue weighted by atomic mass is 10.0. The van der Waals surface area contributed by atoms with Crippen LogP contribution in [0.5, 0.6) is 0 Å². The number of carbonyl (C=O) groups is 1. The number of amides is 1. The summed E-state index contributed by atoms with van der Waals surface area (Å²) < 4.78 is 1.98. The van der Waals surface area contributed by atoms with Crippen LogP contribution in [0.3, 0.4) is 0 Å². The molecule has 2 aromatic carbocycles. The summed E-state index contributed by atoms with van der Waals surface area (Å²) in [4.78, 5) is 14.7. The maximum absolute atomic E-state index is 12.8. The van der Waals surface area contributed by atoms with Crippen LogP contribution in [0.1, 0.15) is 21.6 Å². The normalized spacial score (nSPS) is 14.0. The van der Waals surface area contributed by atoms with Gasteiger partial charge in [0.25, 0.3) is 5.91 Å². The van der Waals surface area contributed by atoms with E-state index in [4.69, 9.17) is 5.10 Å². The van der Waals surface area contributed by atoms with Crippen molar-refractivity contribution in [3.05, 3.63) is 77.5 Å². The van der Waals surface area contributed by atoms with Crippen LogP contribution < -0.4 is 0 Å². The fourth-order valence-electron chi connectivity index (χ4n) is 3.57. The molecular formula is C21H21N3O. The van der Waals surface area contributed by atoms with Gasteiger partial charge in [0, 0.05) is 48.9 Å². The number of hydrogen-bond acceptors (Lipinski definition) is 2. The number of rotatable bonds is 2. The molecule has 25 heavy (non-hydrogen) atoms. The first-order chi connectivity index (χ1) is 12.2. The number of benzene rings is 2. The van der Waals surface area contributed by atoms with Gasteiger partial charge >= 0.3 is 0 Å². The molecule has 0 bridgehead atoms. The van der Waals surface area contributed by atoms with E-state index in [9.17, 15) is 4.79 Å². The third-order valence-corrected chi connectivity index (χ3v) is 4.88. The molecule has 0 fully saturated rings. The lowest BCUT2D eigenvalue weighted by molar-refractivity contribution is 0.0762. The van der Waals surface area contributed by atoms with Crippen molar-refractivity contribution in [2.24, 2.45) is 7.05 Å². The van der Waals surface area contributed by atoms with Crippen LogP contribution in [-0.4, -0.2) is 33.7 Å². The van der Waals surface area contributed by atoms with E-state index in [1.807, 2.05) is 65.2 Å². The second-order valence-corrected chi connectivity index (χ2v) is 6.42. The summed E-state index contributed by atoms with van der Waals surface area (Å²) >= 11 is 0. The Morgan fingerprint density at radius 2 is 1.56 bits per heavy atom. The lowest BCUT2D eigenvalue weighted by Gasteiger charge is -2.20. The predicted octanol–water partition coefficient (Wildman–Crippen LogP) is 3.33. The largest absolute Gasteiger partial charge is 0.338 e. The second-order valence-electron chi connectivity index (χ2n) is 6.42. The van der Waals surface area contributed by atoms with Gasteiger partial charge in [-0.3, -0.25) is 9.48 Å². The van der Waals surface area contributed by atoms with Gasteiger partial charge in [-0.05, 0) is 18.6 Å². The molecule has 0 radical (unpaired) electrons. The van der Waals surface area contributed by atoms with Crippen molar-refractivity contribution in [3.63, 3.8) is 0 Å². The molecule has 4 nitrogen and oxygen atoms in total. The minimum absolute atomic E-state index is 0.114. The van der Waals surface area contributed by atoms with Gasteiger partial charge in [-0.2, -0.15) is 5.10 Å². The molecular weight excluding hydrogens is 310 g/mol.